The van der Waals surface area contributed by atoms with Gasteiger partial charge in [0, 0.05) is 26.7 Å². The molecule has 25 heavy (non-hydrogen) atoms. The zero-order valence-electron chi connectivity index (χ0n) is 15.4. The molecule has 1 saturated carbocycles. The highest BCUT2D eigenvalue weighted by Gasteiger charge is 2.20. The maximum atomic E-state index is 12.1. The van der Waals surface area contributed by atoms with Crippen LogP contribution in [0.4, 0.5) is 4.79 Å². The Labute approximate surface area is 149 Å². The zero-order chi connectivity index (χ0) is 18.2. The monoisotopic (exact) mass is 347 g/mol. The molecule has 0 bridgehead atoms. The first kappa shape index (κ1) is 19.1. The van der Waals surface area contributed by atoms with Gasteiger partial charge in [0.15, 0.2) is 6.61 Å². The van der Waals surface area contributed by atoms with Crippen molar-refractivity contribution in [1.29, 1.82) is 0 Å². The fourth-order valence-corrected chi connectivity index (χ4v) is 3.00. The van der Waals surface area contributed by atoms with Gasteiger partial charge >= 0.3 is 6.03 Å². The number of benzene rings is 1. The Hall–Kier alpha value is -2.24. The lowest BCUT2D eigenvalue weighted by molar-refractivity contribution is -0.130. The van der Waals surface area contributed by atoms with Crippen LogP contribution in [0.25, 0.3) is 0 Å². The van der Waals surface area contributed by atoms with Gasteiger partial charge in [-0.15, -0.1) is 0 Å². The van der Waals surface area contributed by atoms with E-state index in [1.165, 1.54) is 17.7 Å². The Kier molecular flexibility index (Phi) is 7.10. The van der Waals surface area contributed by atoms with E-state index in [2.05, 4.69) is 17.6 Å². The molecule has 1 aromatic rings. The van der Waals surface area contributed by atoms with Crippen LogP contribution in [0.15, 0.2) is 24.3 Å². The van der Waals surface area contributed by atoms with Crippen molar-refractivity contribution >= 4 is 11.9 Å². The van der Waals surface area contributed by atoms with Crippen molar-refractivity contribution in [2.45, 2.75) is 45.2 Å². The molecule has 0 radical (unpaired) electrons. The van der Waals surface area contributed by atoms with E-state index in [1.807, 2.05) is 18.2 Å². The van der Waals surface area contributed by atoms with Gasteiger partial charge in [-0.25, -0.2) is 4.79 Å². The molecule has 0 saturated heterocycles. The van der Waals surface area contributed by atoms with E-state index in [1.54, 1.807) is 20.2 Å². The lowest BCUT2D eigenvalue weighted by atomic mass is 9.87. The average Bonchev–Trinajstić information content (AvgIpc) is 2.58. The van der Waals surface area contributed by atoms with E-state index < -0.39 is 0 Å². The molecule has 0 unspecified atom stereocenters. The summed E-state index contributed by atoms with van der Waals surface area (Å²) in [6, 6.07) is 7.56. The highest BCUT2D eigenvalue weighted by Crippen LogP contribution is 2.23. The minimum Gasteiger partial charge on any atom is -0.484 e. The molecule has 6 heteroatoms. The highest BCUT2D eigenvalue weighted by atomic mass is 16.5. The van der Waals surface area contributed by atoms with Crippen LogP contribution in [0.2, 0.25) is 0 Å². The number of amides is 3. The molecular formula is C19H29N3O3. The van der Waals surface area contributed by atoms with Crippen molar-refractivity contribution < 1.29 is 14.3 Å². The molecular weight excluding hydrogens is 318 g/mol. The van der Waals surface area contributed by atoms with Crippen LogP contribution in [0, 0.1) is 5.92 Å². The number of urea groups is 1. The van der Waals surface area contributed by atoms with Gasteiger partial charge < -0.3 is 20.3 Å². The Morgan fingerprint density at radius 3 is 2.80 bits per heavy atom. The van der Waals surface area contributed by atoms with Gasteiger partial charge in [0.2, 0.25) is 0 Å². The second-order valence-corrected chi connectivity index (χ2v) is 7.02. The molecule has 0 aromatic heterocycles. The Bertz CT molecular complexity index is 589. The van der Waals surface area contributed by atoms with E-state index in [-0.39, 0.29) is 24.6 Å². The Morgan fingerprint density at radius 1 is 1.28 bits per heavy atom. The number of nitrogens with zero attached hydrogens (tertiary/aromatic N) is 1. The van der Waals surface area contributed by atoms with Crippen molar-refractivity contribution in [1.82, 2.24) is 15.5 Å². The summed E-state index contributed by atoms with van der Waals surface area (Å²) in [4.78, 5) is 25.1. The fourth-order valence-electron chi connectivity index (χ4n) is 3.00. The smallest absolute Gasteiger partial charge is 0.315 e. The number of carbonyl (C=O) groups excluding carboxylic acids is 2. The first-order chi connectivity index (χ1) is 11.9. The summed E-state index contributed by atoms with van der Waals surface area (Å²) < 4.78 is 5.49. The molecule has 1 aliphatic rings. The van der Waals surface area contributed by atoms with Crippen molar-refractivity contribution in [3.63, 3.8) is 0 Å². The molecule has 0 heterocycles. The number of rotatable bonds is 6. The summed E-state index contributed by atoms with van der Waals surface area (Å²) in [5.41, 5.74) is 0.932. The molecule has 1 fully saturated rings. The molecule has 6 nitrogen and oxygen atoms in total. The third-order valence-corrected chi connectivity index (χ3v) is 4.48. The lowest BCUT2D eigenvalue weighted by Gasteiger charge is -2.27. The van der Waals surface area contributed by atoms with Gasteiger partial charge in [-0.1, -0.05) is 31.9 Å². The van der Waals surface area contributed by atoms with Crippen molar-refractivity contribution in [3.8, 4) is 5.75 Å². The van der Waals surface area contributed by atoms with Crippen molar-refractivity contribution in [2.75, 3.05) is 20.7 Å². The quantitative estimate of drug-likeness (QED) is 0.831. The minimum absolute atomic E-state index is 0.00420. The maximum Gasteiger partial charge on any atom is 0.315 e. The standard InChI is InChI=1S/C19H29N3O3/c1-14-6-4-8-16(10-14)21-19(24)20-12-15-7-5-9-17(11-15)25-13-18(23)22(2)3/h5,7,9,11,14,16H,4,6,8,10,12-13H2,1-3H3,(H2,20,21,24)/t14-,16+/m0/s1. The first-order valence-electron chi connectivity index (χ1n) is 8.90. The van der Waals surface area contributed by atoms with Crippen molar-refractivity contribution in [2.24, 2.45) is 5.92 Å². The molecule has 2 rings (SSSR count). The predicted octanol–water partition coefficient (Wildman–Crippen LogP) is 2.53. The van der Waals surface area contributed by atoms with Crippen molar-refractivity contribution in [3.05, 3.63) is 29.8 Å². The largest absolute Gasteiger partial charge is 0.484 e. The molecule has 3 amide bonds. The minimum atomic E-state index is -0.131. The van der Waals surface area contributed by atoms with Crippen LogP contribution in [-0.4, -0.2) is 43.6 Å². The van der Waals surface area contributed by atoms with Gasteiger partial charge in [-0.2, -0.15) is 0 Å². The third-order valence-electron chi connectivity index (χ3n) is 4.48. The lowest BCUT2D eigenvalue weighted by Crippen LogP contribution is -2.43. The van der Waals surface area contributed by atoms with Crippen LogP contribution < -0.4 is 15.4 Å². The van der Waals surface area contributed by atoms with E-state index in [0.29, 0.717) is 18.2 Å². The van der Waals surface area contributed by atoms with Gasteiger partial charge in [0.1, 0.15) is 5.75 Å². The van der Waals surface area contributed by atoms with Crippen LogP contribution in [0.1, 0.15) is 38.2 Å². The summed E-state index contributed by atoms with van der Waals surface area (Å²) in [5.74, 6) is 1.21. The SMILES string of the molecule is C[C@H]1CCC[C@@H](NC(=O)NCc2cccc(OCC(=O)N(C)C)c2)C1. The van der Waals surface area contributed by atoms with Crippen LogP contribution >= 0.6 is 0 Å². The third kappa shape index (κ3) is 6.64. The zero-order valence-corrected chi connectivity index (χ0v) is 15.4. The molecule has 2 atom stereocenters. The average molecular weight is 347 g/mol. The second-order valence-electron chi connectivity index (χ2n) is 7.02. The van der Waals surface area contributed by atoms with Gasteiger partial charge in [0.05, 0.1) is 0 Å². The van der Waals surface area contributed by atoms with E-state index in [0.717, 1.165) is 18.4 Å². The van der Waals surface area contributed by atoms with Crippen LogP contribution in [0.3, 0.4) is 0 Å². The van der Waals surface area contributed by atoms with Gasteiger partial charge in [0.25, 0.3) is 5.91 Å². The number of nitrogens with one attached hydrogen (secondary N) is 2. The molecule has 1 aromatic carbocycles. The maximum absolute atomic E-state index is 12.1. The Balaban J connectivity index is 1.77. The topological polar surface area (TPSA) is 70.7 Å². The second kappa shape index (κ2) is 9.30. The van der Waals surface area contributed by atoms with E-state index in [4.69, 9.17) is 4.74 Å². The summed E-state index contributed by atoms with van der Waals surface area (Å²) >= 11 is 0. The summed E-state index contributed by atoms with van der Waals surface area (Å²) in [6.07, 6.45) is 4.54. The first-order valence-corrected chi connectivity index (χ1v) is 8.90. The number of hydrogen-bond acceptors (Lipinski definition) is 3. The number of ether oxygens (including phenoxy) is 1. The number of likely N-dealkylation sites (N-methyl/N-ethyl adjacent to an activating group) is 1. The van der Waals surface area contributed by atoms with Crippen LogP contribution in [-0.2, 0) is 11.3 Å². The van der Waals surface area contributed by atoms with Gasteiger partial charge in [-0.3, -0.25) is 4.79 Å². The highest BCUT2D eigenvalue weighted by molar-refractivity contribution is 5.77. The van der Waals surface area contributed by atoms with Crippen LogP contribution in [0.5, 0.6) is 5.75 Å². The number of carbonyl (C=O) groups is 2. The molecule has 138 valence electrons. The number of hydrogen-bond donors (Lipinski definition) is 2. The van der Waals surface area contributed by atoms with E-state index in [9.17, 15) is 9.59 Å². The van der Waals surface area contributed by atoms with Gasteiger partial charge in [-0.05, 0) is 36.5 Å². The summed E-state index contributed by atoms with van der Waals surface area (Å²) in [6.45, 7) is 2.66. The summed E-state index contributed by atoms with van der Waals surface area (Å²) in [5, 5.41) is 5.95. The summed E-state index contributed by atoms with van der Waals surface area (Å²) in [7, 11) is 3.38. The van der Waals surface area contributed by atoms with E-state index >= 15 is 0 Å². The predicted molar refractivity (Wildman–Crippen MR) is 97.4 cm³/mol. The molecule has 1 aliphatic carbocycles. The normalized spacial score (nSPS) is 19.8. The Morgan fingerprint density at radius 2 is 2.08 bits per heavy atom. The molecule has 0 spiro atoms. The fraction of sp³-hybridized carbons (Fsp3) is 0.579. The molecule has 0 aliphatic heterocycles. The molecule has 2 N–H and O–H groups in total.